The summed E-state index contributed by atoms with van der Waals surface area (Å²) in [6, 6.07) is 5.53. The number of carbonyl (C=O) groups excluding carboxylic acids is 1. The van der Waals surface area contributed by atoms with Gasteiger partial charge in [0.05, 0.1) is 10.6 Å². The van der Waals surface area contributed by atoms with Crippen molar-refractivity contribution in [2.75, 3.05) is 5.88 Å². The third kappa shape index (κ3) is 3.65. The molecule has 2 atom stereocenters. The Morgan fingerprint density at radius 2 is 2.11 bits per heavy atom. The highest BCUT2D eigenvalue weighted by molar-refractivity contribution is 9.10. The predicted molar refractivity (Wildman–Crippen MR) is 83.1 cm³/mol. The first-order valence-electron chi connectivity index (χ1n) is 6.44. The molecule has 1 saturated carbocycles. The fraction of sp³-hybridized carbons (Fsp3) is 0.500. The lowest BCUT2D eigenvalue weighted by molar-refractivity contribution is 0.0911. The number of hydrogen-bond donors (Lipinski definition) is 1. The monoisotopic (exact) mass is 363 g/mol. The molecule has 1 aliphatic carbocycles. The molecule has 1 fully saturated rings. The molecule has 1 amide bonds. The van der Waals surface area contributed by atoms with Crippen molar-refractivity contribution in [3.63, 3.8) is 0 Å². The summed E-state index contributed by atoms with van der Waals surface area (Å²) in [6.07, 6.45) is 4.42. The number of hydrogen-bond acceptors (Lipinski definition) is 1. The highest BCUT2D eigenvalue weighted by Gasteiger charge is 2.26. The van der Waals surface area contributed by atoms with Gasteiger partial charge in [0.15, 0.2) is 0 Å². The quantitative estimate of drug-likeness (QED) is 0.778. The van der Waals surface area contributed by atoms with E-state index in [2.05, 4.69) is 21.2 Å². The summed E-state index contributed by atoms with van der Waals surface area (Å²) in [7, 11) is 0. The first-order valence-corrected chi connectivity index (χ1v) is 8.15. The molecule has 0 spiro atoms. The van der Waals surface area contributed by atoms with Crippen LogP contribution in [0.25, 0.3) is 0 Å². The molecule has 104 valence electrons. The lowest BCUT2D eigenvalue weighted by Crippen LogP contribution is -2.42. The second-order valence-corrected chi connectivity index (χ2v) is 6.42. The molecule has 0 radical (unpaired) electrons. The molecule has 0 aliphatic heterocycles. The van der Waals surface area contributed by atoms with E-state index < -0.39 is 0 Å². The molecular weight excluding hydrogens is 349 g/mol. The van der Waals surface area contributed by atoms with Crippen molar-refractivity contribution in [1.29, 1.82) is 0 Å². The molecule has 2 rings (SSSR count). The molecule has 1 aromatic carbocycles. The van der Waals surface area contributed by atoms with E-state index in [0.717, 1.165) is 23.7 Å². The van der Waals surface area contributed by atoms with E-state index in [-0.39, 0.29) is 11.9 Å². The van der Waals surface area contributed by atoms with E-state index >= 15 is 0 Å². The molecular formula is C14H16BrCl2NO. The molecule has 5 heteroatoms. The average molecular weight is 365 g/mol. The van der Waals surface area contributed by atoms with Gasteiger partial charge in [-0.25, -0.2) is 0 Å². The molecule has 1 N–H and O–H groups in total. The van der Waals surface area contributed by atoms with Crippen molar-refractivity contribution < 1.29 is 4.79 Å². The van der Waals surface area contributed by atoms with Crippen LogP contribution in [0.4, 0.5) is 0 Å². The van der Waals surface area contributed by atoms with Gasteiger partial charge in [-0.2, -0.15) is 0 Å². The van der Waals surface area contributed by atoms with Gasteiger partial charge in [0.2, 0.25) is 0 Å². The van der Waals surface area contributed by atoms with E-state index in [9.17, 15) is 4.79 Å². The maximum atomic E-state index is 12.3. The molecule has 0 saturated heterocycles. The molecule has 0 bridgehead atoms. The van der Waals surface area contributed by atoms with Gasteiger partial charge in [0, 0.05) is 16.4 Å². The smallest absolute Gasteiger partial charge is 0.253 e. The summed E-state index contributed by atoms with van der Waals surface area (Å²) < 4.78 is 0.736. The predicted octanol–water partition coefficient (Wildman–Crippen LogP) is 4.63. The minimum absolute atomic E-state index is 0.117. The Morgan fingerprint density at radius 3 is 2.84 bits per heavy atom. The van der Waals surface area contributed by atoms with Crippen LogP contribution in [0.1, 0.15) is 36.0 Å². The number of halogens is 3. The summed E-state index contributed by atoms with van der Waals surface area (Å²) in [5.74, 6) is 0.843. The number of nitrogens with one attached hydrogen (secondary N) is 1. The van der Waals surface area contributed by atoms with E-state index in [1.165, 1.54) is 6.42 Å². The summed E-state index contributed by atoms with van der Waals surface area (Å²) >= 11 is 15.5. The minimum Gasteiger partial charge on any atom is -0.349 e. The van der Waals surface area contributed by atoms with Gasteiger partial charge in [-0.3, -0.25) is 4.79 Å². The van der Waals surface area contributed by atoms with E-state index in [1.54, 1.807) is 6.07 Å². The van der Waals surface area contributed by atoms with Crippen molar-refractivity contribution in [3.05, 3.63) is 33.3 Å². The maximum Gasteiger partial charge on any atom is 0.253 e. The van der Waals surface area contributed by atoms with Crippen molar-refractivity contribution in [2.24, 2.45) is 5.92 Å². The molecule has 1 aliphatic rings. The number of rotatable bonds is 3. The first kappa shape index (κ1) is 15.1. The van der Waals surface area contributed by atoms with Crippen LogP contribution in [-0.4, -0.2) is 17.8 Å². The second-order valence-electron chi connectivity index (χ2n) is 4.88. The second kappa shape index (κ2) is 6.96. The van der Waals surface area contributed by atoms with E-state index in [1.807, 2.05) is 12.1 Å². The summed E-state index contributed by atoms with van der Waals surface area (Å²) in [5.41, 5.74) is 0.509. The van der Waals surface area contributed by atoms with Crippen molar-refractivity contribution >= 4 is 45.0 Å². The Bertz CT molecular complexity index is 467. The van der Waals surface area contributed by atoms with Crippen LogP contribution >= 0.6 is 39.1 Å². The van der Waals surface area contributed by atoms with Gasteiger partial charge in [0.1, 0.15) is 0 Å². The van der Waals surface area contributed by atoms with Gasteiger partial charge in [-0.1, -0.05) is 30.5 Å². The van der Waals surface area contributed by atoms with Crippen molar-refractivity contribution in [2.45, 2.75) is 31.7 Å². The zero-order valence-corrected chi connectivity index (χ0v) is 13.6. The molecule has 0 heterocycles. The lowest BCUT2D eigenvalue weighted by atomic mass is 9.85. The van der Waals surface area contributed by atoms with Crippen molar-refractivity contribution in [3.8, 4) is 0 Å². The van der Waals surface area contributed by atoms with Gasteiger partial charge in [0.25, 0.3) is 5.91 Å². The Kier molecular flexibility index (Phi) is 5.55. The third-order valence-corrected chi connectivity index (χ3v) is 5.31. The fourth-order valence-corrected chi connectivity index (χ4v) is 3.46. The first-order chi connectivity index (χ1) is 9.13. The zero-order chi connectivity index (χ0) is 13.8. The van der Waals surface area contributed by atoms with Crippen LogP contribution in [0.15, 0.2) is 22.7 Å². The maximum absolute atomic E-state index is 12.3. The molecule has 2 nitrogen and oxygen atoms in total. The Morgan fingerprint density at radius 1 is 1.37 bits per heavy atom. The Labute approximate surface area is 132 Å². The Hall–Kier alpha value is -0.250. The Balaban J connectivity index is 2.09. The number of amides is 1. The van der Waals surface area contributed by atoms with E-state index in [4.69, 9.17) is 23.2 Å². The largest absolute Gasteiger partial charge is 0.349 e. The summed E-state index contributed by atoms with van der Waals surface area (Å²) in [4.78, 5) is 12.3. The van der Waals surface area contributed by atoms with Crippen molar-refractivity contribution in [1.82, 2.24) is 5.32 Å². The number of carbonyl (C=O) groups is 1. The SMILES string of the molecule is O=C(NC1CCCCC1CCl)c1cccc(Br)c1Cl. The molecule has 2 unspecified atom stereocenters. The summed E-state index contributed by atoms with van der Waals surface area (Å²) in [5, 5.41) is 3.53. The number of alkyl halides is 1. The highest BCUT2D eigenvalue weighted by Crippen LogP contribution is 2.28. The minimum atomic E-state index is -0.117. The zero-order valence-electron chi connectivity index (χ0n) is 10.5. The number of benzene rings is 1. The third-order valence-electron chi connectivity index (χ3n) is 3.62. The van der Waals surface area contributed by atoms with Crippen LogP contribution in [0.5, 0.6) is 0 Å². The van der Waals surface area contributed by atoms with Crippen LogP contribution < -0.4 is 5.32 Å². The lowest BCUT2D eigenvalue weighted by Gasteiger charge is -2.30. The van der Waals surface area contributed by atoms with Gasteiger partial charge >= 0.3 is 0 Å². The highest BCUT2D eigenvalue weighted by atomic mass is 79.9. The average Bonchev–Trinajstić information content (AvgIpc) is 2.42. The van der Waals surface area contributed by atoms with Crippen LogP contribution in [0, 0.1) is 5.92 Å². The van der Waals surface area contributed by atoms with Gasteiger partial charge in [-0.05, 0) is 46.8 Å². The normalized spacial score (nSPS) is 23.1. The molecule has 19 heavy (non-hydrogen) atoms. The molecule has 0 aromatic heterocycles. The van der Waals surface area contributed by atoms with Gasteiger partial charge < -0.3 is 5.32 Å². The summed E-state index contributed by atoms with van der Waals surface area (Å²) in [6.45, 7) is 0. The van der Waals surface area contributed by atoms with E-state index in [0.29, 0.717) is 22.4 Å². The molecule has 1 aromatic rings. The standard InChI is InChI=1S/C14H16BrCl2NO/c15-11-6-3-5-10(13(11)17)14(19)18-12-7-2-1-4-9(12)8-16/h3,5-6,9,12H,1-2,4,7-8H2,(H,18,19). The van der Waals surface area contributed by atoms with Gasteiger partial charge in [-0.15, -0.1) is 11.6 Å². The van der Waals surface area contributed by atoms with Crippen LogP contribution in [0.2, 0.25) is 5.02 Å². The fourth-order valence-electron chi connectivity index (χ4n) is 2.51. The topological polar surface area (TPSA) is 29.1 Å². The van der Waals surface area contributed by atoms with Crippen LogP contribution in [-0.2, 0) is 0 Å². The van der Waals surface area contributed by atoms with Crippen LogP contribution in [0.3, 0.4) is 0 Å².